The highest BCUT2D eigenvalue weighted by Crippen LogP contribution is 2.54. The monoisotopic (exact) mass is 1920 g/mol. The van der Waals surface area contributed by atoms with Crippen molar-refractivity contribution in [2.75, 3.05) is 19.6 Å². The van der Waals surface area contributed by atoms with Crippen LogP contribution < -0.4 is 40.3 Å². The van der Waals surface area contributed by atoms with E-state index in [1.54, 1.807) is 0 Å². The molecule has 0 atom stereocenters. The lowest BCUT2D eigenvalue weighted by atomic mass is 9.91. The van der Waals surface area contributed by atoms with Gasteiger partial charge in [0.1, 0.15) is 46.5 Å². The van der Waals surface area contributed by atoms with Gasteiger partial charge in [-0.15, -0.1) is 0 Å². The third-order valence-corrected chi connectivity index (χ3v) is 36.4. The van der Waals surface area contributed by atoms with E-state index in [0.29, 0.717) is 67.8 Å². The summed E-state index contributed by atoms with van der Waals surface area (Å²) in [6, 6.07) is 99.0. The highest BCUT2D eigenvalue weighted by molar-refractivity contribution is 6.90. The van der Waals surface area contributed by atoms with E-state index < -0.39 is 78.8 Å². The Hall–Kier alpha value is -14.0. The molecule has 0 aliphatic carbocycles. The molecule has 0 heterocycles. The summed E-state index contributed by atoms with van der Waals surface area (Å²) in [4.78, 5) is 7.31. The molecule has 0 N–H and O–H groups in total. The number of anilines is 12. The van der Waals surface area contributed by atoms with Crippen LogP contribution in [-0.2, 0) is 0 Å². The van der Waals surface area contributed by atoms with Gasteiger partial charge in [0.05, 0.1) is 77.8 Å². The predicted molar refractivity (Wildman–Crippen MR) is 590 cm³/mol. The van der Waals surface area contributed by atoms with Crippen LogP contribution >= 0.6 is 0 Å². The molecule has 0 aromatic heterocycles. The first-order valence-corrected chi connectivity index (χ1v) is 61.8. The van der Waals surface area contributed by atoms with Crippen LogP contribution in [0.1, 0.15) is 44.5 Å². The molecule has 0 fully saturated rings. The molecule has 20 rings (SSSR count). The molecule has 20 aromatic carbocycles. The van der Waals surface area contributed by atoms with Crippen LogP contribution in [0.25, 0.3) is 109 Å². The Morgan fingerprint density at radius 1 is 0.179 bits per heavy atom. The average Bonchev–Trinajstić information content (AvgIpc) is 0.717. The Bertz CT molecular complexity index is 7770. The van der Waals surface area contributed by atoms with Crippen LogP contribution in [0, 0.1) is 102 Å². The highest BCUT2D eigenvalue weighted by Gasteiger charge is 2.34. The van der Waals surface area contributed by atoms with Crippen molar-refractivity contribution in [2.24, 2.45) is 0 Å². The summed E-state index contributed by atoms with van der Waals surface area (Å²) in [6.45, 7) is 42.8. The van der Waals surface area contributed by atoms with E-state index in [0.717, 1.165) is 109 Å². The van der Waals surface area contributed by atoms with E-state index >= 15 is 35.1 Å². The van der Waals surface area contributed by atoms with Crippen LogP contribution in [0.5, 0.6) is 0 Å². The zero-order valence-corrected chi connectivity index (χ0v) is 86.8. The summed E-state index contributed by atoms with van der Waals surface area (Å²) in [7, 11) is -6.87. The molecule has 0 spiro atoms. The Morgan fingerprint density at radius 2 is 0.393 bits per heavy atom. The standard InChI is InChI=1S/2C62H56F4N2Si2/c1-37-11-13-39(3)49(31-37)51-33-55(65)59(35-53(51)63)67(43-19-23-45(24-20-43)69(5,6)7)57-29-17-41-16-28-48-58(30-18-42-15-27-47(57)61(41)62(42)48)68(44-21-25-46(26-22-44)70(8,9)10)60-36-54(64)52(34-56(60)66)50-32-38(2)12-14-40(50)4;1-37-13-11-14-38(2)59(37)49-33-53(65)57(35-51(49)63)67(43-21-25-45(26-22-43)69(5,6)7)55-31-19-41-18-30-48-56(32-20-42-17-29-47(55)61(41)62(42)48)68(44-23-27-46(28-24-44)70(8,9)10)58-36-52(64)50(34-54(58)66)60-39(3)15-12-16-40(60)4/h2*11-36H,1-10H3. The van der Waals surface area contributed by atoms with Gasteiger partial charge in [-0.05, 0) is 251 Å². The Morgan fingerprint density at radius 3 is 0.621 bits per heavy atom. The molecule has 0 unspecified atom stereocenters. The number of halogens is 8. The SMILES string of the molecule is Cc1ccc(C)c(-c2cc(F)c(N(c3ccc([Si](C)(C)C)cc3)c3ccc4ccc5c(N(c6ccc([Si](C)(C)C)cc6)c6cc(F)c(-c7cc(C)ccc7C)cc6F)ccc6ccc3c4c65)cc2F)c1.Cc1cccc(C)c1-c1cc(F)c(N(c2ccc([Si](C)(C)C)cc2)c2ccc3ccc4c(N(c5ccc([Si](C)(C)C)cc5)c5cc(F)c(-c6c(C)cccc6C)cc5F)ccc5ccc2c3c54)cc1F. The lowest BCUT2D eigenvalue weighted by Gasteiger charge is -2.30. The molecule has 16 heteroatoms. The smallest absolute Gasteiger partial charge is 0.148 e. The predicted octanol–water partition coefficient (Wildman–Crippen LogP) is 35.5. The van der Waals surface area contributed by atoms with E-state index in [-0.39, 0.29) is 45.0 Å². The Balaban J connectivity index is 0.000000178. The number of nitrogens with zero attached hydrogens (tertiary/aromatic N) is 4. The van der Waals surface area contributed by atoms with Gasteiger partial charge in [-0.3, -0.25) is 0 Å². The first-order valence-electron chi connectivity index (χ1n) is 47.8. The quantitative estimate of drug-likeness (QED) is 0.0428. The second kappa shape index (κ2) is 36.3. The van der Waals surface area contributed by atoms with E-state index in [1.165, 1.54) is 69.3 Å². The molecular formula is C124H112F8N4Si4. The normalized spacial score (nSPS) is 12.1. The first kappa shape index (κ1) is 94.9. The van der Waals surface area contributed by atoms with Gasteiger partial charge in [0.15, 0.2) is 0 Å². The minimum Gasteiger partial charge on any atom is -0.307 e. The lowest BCUT2D eigenvalue weighted by molar-refractivity contribution is 0.604. The van der Waals surface area contributed by atoms with Crippen molar-refractivity contribution in [1.29, 1.82) is 0 Å². The van der Waals surface area contributed by atoms with E-state index in [4.69, 9.17) is 0 Å². The van der Waals surface area contributed by atoms with Gasteiger partial charge in [-0.2, -0.15) is 0 Å². The fourth-order valence-electron chi connectivity index (χ4n) is 20.6. The summed E-state index contributed by atoms with van der Waals surface area (Å²) >= 11 is 0. The van der Waals surface area contributed by atoms with Gasteiger partial charge in [-0.1, -0.05) is 305 Å². The lowest BCUT2D eigenvalue weighted by Crippen LogP contribution is -2.37. The van der Waals surface area contributed by atoms with E-state index in [9.17, 15) is 0 Å². The Kier molecular flexibility index (Phi) is 24.6. The number of rotatable bonds is 20. The molecule has 0 aliphatic heterocycles. The number of aryl methyl sites for hydroxylation is 8. The maximum absolute atomic E-state index is 17.2. The molecule has 0 saturated carbocycles. The van der Waals surface area contributed by atoms with Crippen LogP contribution in [-0.4, -0.2) is 32.3 Å². The van der Waals surface area contributed by atoms with Gasteiger partial charge < -0.3 is 19.6 Å². The molecule has 0 amide bonds. The van der Waals surface area contributed by atoms with Crippen molar-refractivity contribution in [1.82, 2.24) is 0 Å². The first-order chi connectivity index (χ1) is 66.6. The third kappa shape index (κ3) is 17.4. The van der Waals surface area contributed by atoms with Crippen LogP contribution in [0.4, 0.5) is 103 Å². The molecule has 20 aromatic rings. The number of benzene rings is 20. The van der Waals surface area contributed by atoms with Gasteiger partial charge >= 0.3 is 0 Å². The molecular weight excluding hydrogens is 1810 g/mol. The van der Waals surface area contributed by atoms with Crippen LogP contribution in [0.15, 0.2) is 315 Å². The van der Waals surface area contributed by atoms with Gasteiger partial charge in [0.25, 0.3) is 0 Å². The van der Waals surface area contributed by atoms with Crippen molar-refractivity contribution in [3.8, 4) is 44.5 Å². The second-order valence-electron chi connectivity index (χ2n) is 42.0. The van der Waals surface area contributed by atoms with E-state index in [2.05, 4.69) is 176 Å². The summed E-state index contributed by atoms with van der Waals surface area (Å²) < 4.78 is 136. The zero-order valence-electron chi connectivity index (χ0n) is 82.8. The maximum Gasteiger partial charge on any atom is 0.148 e. The average molecular weight is 1920 g/mol. The van der Waals surface area contributed by atoms with Crippen LogP contribution in [0.2, 0.25) is 78.6 Å². The topological polar surface area (TPSA) is 13.0 Å². The van der Waals surface area contributed by atoms with Gasteiger partial charge in [0, 0.05) is 90.8 Å². The minimum atomic E-state index is -1.72. The van der Waals surface area contributed by atoms with Gasteiger partial charge in [-0.25, -0.2) is 35.1 Å². The molecule has 700 valence electrons. The summed E-state index contributed by atoms with van der Waals surface area (Å²) in [6.07, 6.45) is 0. The maximum atomic E-state index is 17.2. The fraction of sp³-hybridized carbons (Fsp3) is 0.161. The van der Waals surface area contributed by atoms with Crippen molar-refractivity contribution < 1.29 is 35.1 Å². The number of hydrogen-bond acceptors (Lipinski definition) is 4. The summed E-state index contributed by atoms with van der Waals surface area (Å²) in [5, 5.41) is 15.7. The summed E-state index contributed by atoms with van der Waals surface area (Å²) in [5.41, 5.74) is 16.3. The molecule has 0 radical (unpaired) electrons. The van der Waals surface area contributed by atoms with Gasteiger partial charge in [0.2, 0.25) is 0 Å². The summed E-state index contributed by atoms with van der Waals surface area (Å²) in [5.74, 6) is -4.35. The third-order valence-electron chi connectivity index (χ3n) is 28.1. The number of hydrogen-bond donors (Lipinski definition) is 0. The van der Waals surface area contributed by atoms with Crippen molar-refractivity contribution in [3.05, 3.63) is 406 Å². The minimum absolute atomic E-state index is 0.0813. The zero-order chi connectivity index (χ0) is 99.1. The molecule has 4 nitrogen and oxygen atoms in total. The molecule has 0 aliphatic rings. The Labute approximate surface area is 819 Å². The molecule has 0 saturated heterocycles. The van der Waals surface area contributed by atoms with Crippen molar-refractivity contribution >= 4 is 186 Å². The molecule has 0 bridgehead atoms. The largest absolute Gasteiger partial charge is 0.307 e. The second-order valence-corrected chi connectivity index (χ2v) is 62.3. The van der Waals surface area contributed by atoms with E-state index in [1.807, 2.05) is 245 Å². The van der Waals surface area contributed by atoms with Crippen LogP contribution in [0.3, 0.4) is 0 Å². The fourth-order valence-corrected chi connectivity index (χ4v) is 25.2. The highest BCUT2D eigenvalue weighted by atomic mass is 28.3. The van der Waals surface area contributed by atoms with Crippen molar-refractivity contribution in [2.45, 2.75) is 134 Å². The molecule has 140 heavy (non-hydrogen) atoms. The van der Waals surface area contributed by atoms with Crippen molar-refractivity contribution in [3.63, 3.8) is 0 Å².